The van der Waals surface area contributed by atoms with Crippen LogP contribution in [0.25, 0.3) is 22.4 Å². The Balaban J connectivity index is 1.98. The summed E-state index contributed by atoms with van der Waals surface area (Å²) in [6.45, 7) is 10.5. The molecule has 3 aromatic heterocycles. The number of nitrogens with zero attached hydrogens (tertiary/aromatic N) is 6. The van der Waals surface area contributed by atoms with Crippen LogP contribution >= 0.6 is 0 Å². The summed E-state index contributed by atoms with van der Waals surface area (Å²) in [6, 6.07) is 6.31. The second-order valence-corrected chi connectivity index (χ2v) is 7.30. The minimum Gasteiger partial charge on any atom is -0.268 e. The average molecular weight is 320 g/mol. The molecule has 0 aliphatic rings. The van der Waals surface area contributed by atoms with E-state index in [-0.39, 0.29) is 5.41 Å². The highest BCUT2D eigenvalue weighted by Crippen LogP contribution is 2.26. The maximum absolute atomic E-state index is 4.64. The van der Waals surface area contributed by atoms with E-state index in [4.69, 9.17) is 0 Å². The van der Waals surface area contributed by atoms with Crippen molar-refractivity contribution in [1.29, 1.82) is 0 Å². The van der Waals surface area contributed by atoms with Gasteiger partial charge in [-0.3, -0.25) is 4.40 Å². The van der Waals surface area contributed by atoms with Crippen molar-refractivity contribution in [3.05, 3.63) is 47.7 Å². The predicted octanol–water partition coefficient (Wildman–Crippen LogP) is 3.38. The molecule has 0 radical (unpaired) electrons. The second-order valence-electron chi connectivity index (χ2n) is 7.30. The molecule has 0 saturated carbocycles. The lowest BCUT2D eigenvalue weighted by molar-refractivity contribution is 0.537. The molecule has 0 atom stereocenters. The van der Waals surface area contributed by atoms with E-state index in [1.165, 1.54) is 11.1 Å². The maximum Gasteiger partial charge on any atom is 0.174 e. The summed E-state index contributed by atoms with van der Waals surface area (Å²) < 4.78 is 3.83. The number of benzene rings is 1. The molecule has 4 aromatic rings. The number of hydrogen-bond donors (Lipinski definition) is 0. The molecule has 6 heteroatoms. The molecule has 122 valence electrons. The monoisotopic (exact) mass is 320 g/mol. The van der Waals surface area contributed by atoms with E-state index in [2.05, 4.69) is 73.1 Å². The molecule has 0 bridgehead atoms. The van der Waals surface area contributed by atoms with Crippen molar-refractivity contribution < 1.29 is 0 Å². The van der Waals surface area contributed by atoms with E-state index < -0.39 is 0 Å². The lowest BCUT2D eigenvalue weighted by Crippen LogP contribution is -2.16. The van der Waals surface area contributed by atoms with Gasteiger partial charge < -0.3 is 0 Å². The van der Waals surface area contributed by atoms with Crippen molar-refractivity contribution in [3.8, 4) is 5.69 Å². The molecule has 0 N–H and O–H groups in total. The fourth-order valence-electron chi connectivity index (χ4n) is 3.05. The van der Waals surface area contributed by atoms with E-state index in [1.54, 1.807) is 6.33 Å². The third-order valence-corrected chi connectivity index (χ3v) is 4.23. The van der Waals surface area contributed by atoms with Crippen LogP contribution in [0.5, 0.6) is 0 Å². The number of fused-ring (bicyclic) bond motifs is 3. The minimum absolute atomic E-state index is 0.0989. The van der Waals surface area contributed by atoms with Crippen molar-refractivity contribution in [1.82, 2.24) is 29.4 Å². The van der Waals surface area contributed by atoms with Crippen LogP contribution in [-0.4, -0.2) is 29.4 Å². The van der Waals surface area contributed by atoms with Crippen molar-refractivity contribution in [2.24, 2.45) is 0 Å². The van der Waals surface area contributed by atoms with Gasteiger partial charge in [-0.05, 0) is 25.5 Å². The summed E-state index contributed by atoms with van der Waals surface area (Å²) >= 11 is 0. The molecular formula is C18H20N6. The molecule has 0 fully saturated rings. The average Bonchev–Trinajstić information content (AvgIpc) is 3.09. The molecule has 0 spiro atoms. The SMILES string of the molecule is Cc1ccc(-n2ncc3c2ncn2c(C(C)(C)C)nnc32)c(C)c1. The van der Waals surface area contributed by atoms with Gasteiger partial charge in [0.05, 0.1) is 17.3 Å². The Morgan fingerprint density at radius 3 is 2.50 bits per heavy atom. The molecule has 6 nitrogen and oxygen atoms in total. The first-order valence-electron chi connectivity index (χ1n) is 8.02. The minimum atomic E-state index is -0.0989. The van der Waals surface area contributed by atoms with Crippen LogP contribution in [-0.2, 0) is 5.41 Å². The van der Waals surface area contributed by atoms with Gasteiger partial charge in [-0.1, -0.05) is 38.5 Å². The molecule has 0 saturated heterocycles. The zero-order valence-corrected chi connectivity index (χ0v) is 14.6. The Bertz CT molecular complexity index is 1060. The van der Waals surface area contributed by atoms with Crippen molar-refractivity contribution in [2.75, 3.05) is 0 Å². The largest absolute Gasteiger partial charge is 0.268 e. The Morgan fingerprint density at radius 1 is 1.00 bits per heavy atom. The highest BCUT2D eigenvalue weighted by molar-refractivity contribution is 5.89. The van der Waals surface area contributed by atoms with E-state index >= 15 is 0 Å². The van der Waals surface area contributed by atoms with Gasteiger partial charge >= 0.3 is 0 Å². The van der Waals surface area contributed by atoms with Crippen LogP contribution in [0.3, 0.4) is 0 Å². The number of aromatic nitrogens is 6. The number of hydrogen-bond acceptors (Lipinski definition) is 4. The fourth-order valence-corrected chi connectivity index (χ4v) is 3.05. The Hall–Kier alpha value is -2.76. The van der Waals surface area contributed by atoms with E-state index in [1.807, 2.05) is 15.3 Å². The molecule has 1 aromatic carbocycles. The van der Waals surface area contributed by atoms with Gasteiger partial charge in [-0.2, -0.15) is 5.10 Å². The van der Waals surface area contributed by atoms with Crippen LogP contribution < -0.4 is 0 Å². The third-order valence-electron chi connectivity index (χ3n) is 4.23. The quantitative estimate of drug-likeness (QED) is 0.539. The van der Waals surface area contributed by atoms with Crippen molar-refractivity contribution >= 4 is 16.7 Å². The van der Waals surface area contributed by atoms with Gasteiger partial charge in [0.2, 0.25) is 0 Å². The van der Waals surface area contributed by atoms with Crippen molar-refractivity contribution in [2.45, 2.75) is 40.0 Å². The topological polar surface area (TPSA) is 60.9 Å². The first kappa shape index (κ1) is 14.8. The fraction of sp³-hybridized carbons (Fsp3) is 0.333. The van der Waals surface area contributed by atoms with Crippen LogP contribution in [0.2, 0.25) is 0 Å². The van der Waals surface area contributed by atoms with Gasteiger partial charge in [0.15, 0.2) is 11.3 Å². The highest BCUT2D eigenvalue weighted by atomic mass is 15.3. The van der Waals surface area contributed by atoms with Gasteiger partial charge in [-0.15, -0.1) is 10.2 Å². The Kier molecular flexibility index (Phi) is 3.00. The normalized spacial score (nSPS) is 12.4. The van der Waals surface area contributed by atoms with Gasteiger partial charge in [0.1, 0.15) is 12.2 Å². The van der Waals surface area contributed by atoms with Gasteiger partial charge in [-0.25, -0.2) is 9.67 Å². The zero-order valence-electron chi connectivity index (χ0n) is 14.6. The molecule has 0 aliphatic heterocycles. The van der Waals surface area contributed by atoms with E-state index in [0.29, 0.717) is 0 Å². The van der Waals surface area contributed by atoms with Gasteiger partial charge in [0, 0.05) is 5.41 Å². The zero-order chi connectivity index (χ0) is 17.1. The first-order chi connectivity index (χ1) is 11.4. The van der Waals surface area contributed by atoms with E-state index in [9.17, 15) is 0 Å². The van der Waals surface area contributed by atoms with Gasteiger partial charge in [0.25, 0.3) is 0 Å². The van der Waals surface area contributed by atoms with Crippen LogP contribution in [0.4, 0.5) is 0 Å². The Morgan fingerprint density at radius 2 is 1.79 bits per heavy atom. The summed E-state index contributed by atoms with van der Waals surface area (Å²) in [7, 11) is 0. The molecular weight excluding hydrogens is 300 g/mol. The van der Waals surface area contributed by atoms with Crippen LogP contribution in [0.1, 0.15) is 37.7 Å². The smallest absolute Gasteiger partial charge is 0.174 e. The molecule has 0 aliphatic carbocycles. The molecule has 0 unspecified atom stereocenters. The number of aryl methyl sites for hydroxylation is 2. The standard InChI is InChI=1S/C18H20N6/c1-11-6-7-14(12(2)8-11)24-15-13(9-20-24)16-21-22-17(18(3,4)5)23(16)10-19-15/h6-10H,1-5H3. The van der Waals surface area contributed by atoms with Crippen molar-refractivity contribution in [3.63, 3.8) is 0 Å². The Labute approximate surface area is 140 Å². The summed E-state index contributed by atoms with van der Waals surface area (Å²) in [4.78, 5) is 4.64. The predicted molar refractivity (Wildman–Crippen MR) is 93.6 cm³/mol. The van der Waals surface area contributed by atoms with E-state index in [0.717, 1.165) is 28.2 Å². The molecule has 3 heterocycles. The summed E-state index contributed by atoms with van der Waals surface area (Å²) in [5, 5.41) is 14.2. The first-order valence-corrected chi connectivity index (χ1v) is 8.02. The van der Waals surface area contributed by atoms with Crippen LogP contribution in [0, 0.1) is 13.8 Å². The molecule has 24 heavy (non-hydrogen) atoms. The third kappa shape index (κ3) is 2.10. The maximum atomic E-state index is 4.64. The van der Waals surface area contributed by atoms with Crippen LogP contribution in [0.15, 0.2) is 30.7 Å². The summed E-state index contributed by atoms with van der Waals surface area (Å²) in [6.07, 6.45) is 3.61. The molecule has 0 amide bonds. The number of rotatable bonds is 1. The molecule has 4 rings (SSSR count). The highest BCUT2D eigenvalue weighted by Gasteiger charge is 2.23. The summed E-state index contributed by atoms with van der Waals surface area (Å²) in [5.74, 6) is 0.895. The lowest BCUT2D eigenvalue weighted by atomic mass is 9.96. The second kappa shape index (κ2) is 4.87. The summed E-state index contributed by atoms with van der Waals surface area (Å²) in [5.41, 5.74) is 4.92. The lowest BCUT2D eigenvalue weighted by Gasteiger charge is -2.15.